The Kier molecular flexibility index (Phi) is 4.95. The zero-order valence-corrected chi connectivity index (χ0v) is 11.6. The molecule has 0 heterocycles. The highest BCUT2D eigenvalue weighted by atomic mass is 19.1. The van der Waals surface area contributed by atoms with Gasteiger partial charge in [-0.25, -0.2) is 4.39 Å². The Morgan fingerprint density at radius 2 is 2.30 bits per heavy atom. The van der Waals surface area contributed by atoms with Crippen molar-refractivity contribution in [2.45, 2.75) is 25.8 Å². The summed E-state index contributed by atoms with van der Waals surface area (Å²) in [6.45, 7) is 1.19. The first kappa shape index (κ1) is 14.8. The maximum absolute atomic E-state index is 13.5. The fraction of sp³-hybridized carbons (Fsp3) is 0.533. The van der Waals surface area contributed by atoms with Gasteiger partial charge in [-0.1, -0.05) is 12.5 Å². The van der Waals surface area contributed by atoms with Crippen LogP contribution in [0.1, 0.15) is 24.8 Å². The molecule has 0 spiro atoms. The Bertz CT molecular complexity index is 478. The molecule has 1 aliphatic rings. The quantitative estimate of drug-likeness (QED) is 0.840. The molecule has 2 N–H and O–H groups in total. The zero-order chi connectivity index (χ0) is 14.5. The molecule has 0 bridgehead atoms. The predicted molar refractivity (Wildman–Crippen MR) is 73.1 cm³/mol. The van der Waals surface area contributed by atoms with Crippen molar-refractivity contribution in [3.05, 3.63) is 29.6 Å². The van der Waals surface area contributed by atoms with Crippen molar-refractivity contribution in [1.29, 1.82) is 0 Å². The first-order valence-electron chi connectivity index (χ1n) is 6.87. The third kappa shape index (κ3) is 3.48. The van der Waals surface area contributed by atoms with Crippen molar-refractivity contribution < 1.29 is 19.0 Å². The number of carbonyl (C=O) groups is 1. The van der Waals surface area contributed by atoms with Crippen LogP contribution in [0, 0.1) is 17.7 Å². The number of rotatable bonds is 6. The van der Waals surface area contributed by atoms with Gasteiger partial charge in [0.1, 0.15) is 0 Å². The molecule has 4 nitrogen and oxygen atoms in total. The van der Waals surface area contributed by atoms with Crippen LogP contribution in [0.4, 0.5) is 4.39 Å². The zero-order valence-electron chi connectivity index (χ0n) is 11.6. The lowest BCUT2D eigenvalue weighted by molar-refractivity contribution is -0.142. The summed E-state index contributed by atoms with van der Waals surface area (Å²) in [6, 6.07) is 4.84. The van der Waals surface area contributed by atoms with Crippen LogP contribution in [0.5, 0.6) is 5.75 Å². The van der Waals surface area contributed by atoms with Gasteiger partial charge in [-0.15, -0.1) is 0 Å². The average molecular weight is 281 g/mol. The van der Waals surface area contributed by atoms with Crippen LogP contribution in [-0.4, -0.2) is 24.7 Å². The molecule has 2 unspecified atom stereocenters. The first-order chi connectivity index (χ1) is 9.61. The molecule has 1 saturated carbocycles. The molecule has 2 rings (SSSR count). The lowest BCUT2D eigenvalue weighted by Gasteiger charge is -2.16. The smallest absolute Gasteiger partial charge is 0.306 e. The van der Waals surface area contributed by atoms with E-state index in [1.165, 1.54) is 13.2 Å². The molecule has 110 valence electrons. The molecule has 0 amide bonds. The lowest BCUT2D eigenvalue weighted by atomic mass is 9.96. The second-order valence-electron chi connectivity index (χ2n) is 5.24. The molecule has 0 saturated heterocycles. The predicted octanol–water partition coefficient (Wildman–Crippen LogP) is 2.42. The standard InChI is InChI=1S/C15H20FNO3/c1-20-14-6-5-10(7-13(14)16)8-17-9-11-3-2-4-12(11)15(18)19/h5-7,11-12,17H,2-4,8-9H2,1H3,(H,18,19). The number of halogens is 1. The topological polar surface area (TPSA) is 58.6 Å². The van der Waals surface area contributed by atoms with E-state index in [9.17, 15) is 9.18 Å². The lowest BCUT2D eigenvalue weighted by Crippen LogP contribution is -2.28. The maximum atomic E-state index is 13.5. The number of nitrogens with one attached hydrogen (secondary N) is 1. The summed E-state index contributed by atoms with van der Waals surface area (Å²) in [6.07, 6.45) is 2.68. The summed E-state index contributed by atoms with van der Waals surface area (Å²) >= 11 is 0. The highest BCUT2D eigenvalue weighted by molar-refractivity contribution is 5.70. The van der Waals surface area contributed by atoms with Gasteiger partial charge in [-0.2, -0.15) is 0 Å². The summed E-state index contributed by atoms with van der Waals surface area (Å²) in [7, 11) is 1.43. The minimum atomic E-state index is -0.704. The van der Waals surface area contributed by atoms with Crippen molar-refractivity contribution in [2.75, 3.05) is 13.7 Å². The second-order valence-corrected chi connectivity index (χ2v) is 5.24. The van der Waals surface area contributed by atoms with Gasteiger partial charge in [0, 0.05) is 6.54 Å². The summed E-state index contributed by atoms with van der Waals surface area (Å²) in [5.74, 6) is -0.915. The summed E-state index contributed by atoms with van der Waals surface area (Å²) < 4.78 is 18.4. The maximum Gasteiger partial charge on any atom is 0.306 e. The molecule has 0 aliphatic heterocycles. The summed E-state index contributed by atoms with van der Waals surface area (Å²) in [5.41, 5.74) is 0.827. The van der Waals surface area contributed by atoms with Crippen LogP contribution >= 0.6 is 0 Å². The molecule has 1 aliphatic carbocycles. The van der Waals surface area contributed by atoms with Gasteiger partial charge >= 0.3 is 5.97 Å². The van der Waals surface area contributed by atoms with Gasteiger partial charge in [-0.05, 0) is 43.0 Å². The number of carboxylic acid groups (broad SMARTS) is 1. The van der Waals surface area contributed by atoms with E-state index in [0.717, 1.165) is 24.8 Å². The molecule has 1 aromatic carbocycles. The van der Waals surface area contributed by atoms with E-state index >= 15 is 0 Å². The van der Waals surface area contributed by atoms with Crippen molar-refractivity contribution in [1.82, 2.24) is 5.32 Å². The minimum absolute atomic E-state index is 0.176. The van der Waals surface area contributed by atoms with Crippen molar-refractivity contribution in [3.63, 3.8) is 0 Å². The van der Waals surface area contributed by atoms with E-state index in [1.54, 1.807) is 12.1 Å². The van der Waals surface area contributed by atoms with Crippen LogP contribution in [0.2, 0.25) is 0 Å². The number of hydrogen-bond donors (Lipinski definition) is 2. The molecule has 2 atom stereocenters. The Balaban J connectivity index is 1.84. The van der Waals surface area contributed by atoms with Gasteiger partial charge in [0.05, 0.1) is 13.0 Å². The van der Waals surface area contributed by atoms with Gasteiger partial charge in [-0.3, -0.25) is 4.79 Å². The molecular weight excluding hydrogens is 261 g/mol. The number of aliphatic carboxylic acids is 1. The van der Waals surface area contributed by atoms with E-state index in [1.807, 2.05) is 0 Å². The fourth-order valence-corrected chi connectivity index (χ4v) is 2.83. The number of hydrogen-bond acceptors (Lipinski definition) is 3. The molecule has 5 heteroatoms. The Morgan fingerprint density at radius 1 is 1.50 bits per heavy atom. The van der Waals surface area contributed by atoms with Crippen molar-refractivity contribution in [3.8, 4) is 5.75 Å². The number of benzene rings is 1. The monoisotopic (exact) mass is 281 g/mol. The summed E-state index contributed by atoms with van der Waals surface area (Å²) in [5, 5.41) is 12.3. The van der Waals surface area contributed by atoms with Gasteiger partial charge in [0.15, 0.2) is 11.6 Å². The average Bonchev–Trinajstić information content (AvgIpc) is 2.87. The molecule has 1 fully saturated rings. The molecule has 20 heavy (non-hydrogen) atoms. The highest BCUT2D eigenvalue weighted by Gasteiger charge is 2.32. The van der Waals surface area contributed by atoms with Crippen LogP contribution in [-0.2, 0) is 11.3 Å². The SMILES string of the molecule is COc1ccc(CNCC2CCCC2C(=O)O)cc1F. The Hall–Kier alpha value is -1.62. The molecule has 0 radical (unpaired) electrons. The van der Waals surface area contributed by atoms with E-state index in [0.29, 0.717) is 13.1 Å². The normalized spacial score (nSPS) is 21.9. The molecule has 0 aromatic heterocycles. The van der Waals surface area contributed by atoms with Crippen molar-refractivity contribution >= 4 is 5.97 Å². The van der Waals surface area contributed by atoms with Gasteiger partial charge in [0.2, 0.25) is 0 Å². The number of methoxy groups -OCH3 is 1. The van der Waals surface area contributed by atoms with Crippen LogP contribution < -0.4 is 10.1 Å². The largest absolute Gasteiger partial charge is 0.494 e. The van der Waals surface area contributed by atoms with E-state index in [-0.39, 0.29) is 23.4 Å². The van der Waals surface area contributed by atoms with Gasteiger partial charge in [0.25, 0.3) is 0 Å². The van der Waals surface area contributed by atoms with E-state index in [2.05, 4.69) is 5.32 Å². The first-order valence-corrected chi connectivity index (χ1v) is 6.87. The Labute approximate surface area is 117 Å². The highest BCUT2D eigenvalue weighted by Crippen LogP contribution is 2.31. The minimum Gasteiger partial charge on any atom is -0.494 e. The van der Waals surface area contributed by atoms with E-state index < -0.39 is 5.97 Å². The van der Waals surface area contributed by atoms with E-state index in [4.69, 9.17) is 9.84 Å². The molecule has 1 aromatic rings. The van der Waals surface area contributed by atoms with Crippen LogP contribution in [0.15, 0.2) is 18.2 Å². The third-order valence-electron chi connectivity index (χ3n) is 3.93. The van der Waals surface area contributed by atoms with Crippen LogP contribution in [0.25, 0.3) is 0 Å². The second kappa shape index (κ2) is 6.70. The summed E-state index contributed by atoms with van der Waals surface area (Å²) in [4.78, 5) is 11.1. The number of carboxylic acids is 1. The van der Waals surface area contributed by atoms with Crippen LogP contribution in [0.3, 0.4) is 0 Å². The third-order valence-corrected chi connectivity index (χ3v) is 3.93. The Morgan fingerprint density at radius 3 is 2.95 bits per heavy atom. The molecular formula is C15H20FNO3. The van der Waals surface area contributed by atoms with Crippen molar-refractivity contribution in [2.24, 2.45) is 11.8 Å². The number of ether oxygens (including phenoxy) is 1. The van der Waals surface area contributed by atoms with Gasteiger partial charge < -0.3 is 15.2 Å². The fourth-order valence-electron chi connectivity index (χ4n) is 2.83.